The lowest BCUT2D eigenvalue weighted by atomic mass is 9.90. The molecule has 6 rings (SSSR count). The van der Waals surface area contributed by atoms with Gasteiger partial charge in [-0.1, -0.05) is 37.1 Å². The number of Topliss-reactive ketones (excluding diaryl/α,β-unsaturated/α-hetero) is 1. The summed E-state index contributed by atoms with van der Waals surface area (Å²) in [5, 5.41) is 10.2. The van der Waals surface area contributed by atoms with Crippen molar-refractivity contribution in [2.45, 2.75) is 96.0 Å². The minimum atomic E-state index is -4.76. The van der Waals surface area contributed by atoms with Gasteiger partial charge in [0.2, 0.25) is 5.91 Å². The molecule has 0 spiro atoms. The zero-order valence-electron chi connectivity index (χ0n) is 27.6. The Labute approximate surface area is 282 Å². The van der Waals surface area contributed by atoms with Gasteiger partial charge in [0, 0.05) is 24.8 Å². The smallest absolute Gasteiger partial charge is 0.416 e. The van der Waals surface area contributed by atoms with Crippen LogP contribution in [0.3, 0.4) is 0 Å². The predicted octanol–water partition coefficient (Wildman–Crippen LogP) is 7.55. The van der Waals surface area contributed by atoms with E-state index in [9.17, 15) is 37.1 Å². The average Bonchev–Trinajstić information content (AvgIpc) is 3.37. The van der Waals surface area contributed by atoms with Gasteiger partial charge < -0.3 is 14.7 Å². The number of carbonyl (C=O) groups is 3. The molecule has 8 nitrogen and oxygen atoms in total. The van der Waals surface area contributed by atoms with Crippen LogP contribution in [0.1, 0.15) is 82.4 Å². The molecule has 1 saturated heterocycles. The predicted molar refractivity (Wildman–Crippen MR) is 173 cm³/mol. The molecule has 5 atom stereocenters. The van der Waals surface area contributed by atoms with Crippen LogP contribution in [0.15, 0.2) is 54.6 Å². The van der Waals surface area contributed by atoms with Crippen molar-refractivity contribution in [2.24, 2.45) is 17.3 Å². The number of ketones is 1. The third-order valence-electron chi connectivity index (χ3n) is 10.2. The normalized spacial score (nSPS) is 27.4. The van der Waals surface area contributed by atoms with Gasteiger partial charge in [0.15, 0.2) is 5.78 Å². The molecule has 2 aromatic carbocycles. The van der Waals surface area contributed by atoms with Crippen LogP contribution in [0.4, 0.5) is 17.6 Å². The highest BCUT2D eigenvalue weighted by Gasteiger charge is 2.61. The van der Waals surface area contributed by atoms with Gasteiger partial charge in [-0.2, -0.15) is 18.2 Å². The molecule has 2 aliphatic heterocycles. The summed E-state index contributed by atoms with van der Waals surface area (Å²) in [6.45, 7) is 3.98. The van der Waals surface area contributed by atoms with Gasteiger partial charge >= 0.3 is 12.1 Å². The Hall–Kier alpha value is -4.22. The van der Waals surface area contributed by atoms with E-state index in [1.54, 1.807) is 0 Å². The van der Waals surface area contributed by atoms with Crippen molar-refractivity contribution in [3.8, 4) is 6.01 Å². The number of para-hydroxylation sites is 2. The number of aromatic nitrogens is 2. The van der Waals surface area contributed by atoms with E-state index in [1.807, 2.05) is 54.8 Å². The summed E-state index contributed by atoms with van der Waals surface area (Å²) in [6.07, 6.45) is 1.57. The maximum Gasteiger partial charge on any atom is 0.416 e. The Bertz CT molecular complexity index is 1770. The fraction of sp³-hybridized carbons (Fsp3) is 0.514. The summed E-state index contributed by atoms with van der Waals surface area (Å²) >= 11 is 0. The molecule has 0 bridgehead atoms. The number of rotatable bonds is 6. The van der Waals surface area contributed by atoms with Crippen LogP contribution in [0.25, 0.3) is 11.0 Å². The maximum absolute atomic E-state index is 14.5. The van der Waals surface area contributed by atoms with Crippen LogP contribution >= 0.6 is 0 Å². The van der Waals surface area contributed by atoms with Gasteiger partial charge in [-0.3, -0.25) is 19.0 Å². The van der Waals surface area contributed by atoms with Gasteiger partial charge in [-0.15, -0.1) is 0 Å². The minimum Gasteiger partial charge on any atom is -0.481 e. The first-order valence-electron chi connectivity index (χ1n) is 17.0. The Morgan fingerprint density at radius 1 is 1.12 bits per heavy atom. The lowest BCUT2D eigenvalue weighted by molar-refractivity contribution is -0.147. The molecule has 1 amide bonds. The van der Waals surface area contributed by atoms with E-state index in [0.29, 0.717) is 37.8 Å². The molecule has 3 heterocycles. The molecule has 2 fully saturated rings. The summed E-state index contributed by atoms with van der Waals surface area (Å²) in [7, 11) is 0. The van der Waals surface area contributed by atoms with Crippen LogP contribution in [0.5, 0.6) is 6.01 Å². The number of imidazole rings is 1. The molecule has 1 aromatic heterocycles. The van der Waals surface area contributed by atoms with Crippen LogP contribution in [-0.4, -0.2) is 55.9 Å². The Morgan fingerprint density at radius 2 is 1.90 bits per heavy atom. The highest BCUT2D eigenvalue weighted by Crippen LogP contribution is 2.57. The fourth-order valence-electron chi connectivity index (χ4n) is 7.58. The van der Waals surface area contributed by atoms with Gasteiger partial charge in [0.1, 0.15) is 11.9 Å². The molecule has 3 aliphatic rings. The van der Waals surface area contributed by atoms with E-state index in [1.165, 1.54) is 4.90 Å². The molecule has 0 unspecified atom stereocenters. The third kappa shape index (κ3) is 7.23. The van der Waals surface area contributed by atoms with Crippen molar-refractivity contribution in [3.63, 3.8) is 0 Å². The summed E-state index contributed by atoms with van der Waals surface area (Å²) in [6, 6.07) is 9.17. The molecule has 0 radical (unpaired) electrons. The number of carbonyl (C=O) groups excluding carboxylic acids is 2. The van der Waals surface area contributed by atoms with Crippen LogP contribution < -0.4 is 4.74 Å². The van der Waals surface area contributed by atoms with Crippen molar-refractivity contribution >= 4 is 28.7 Å². The van der Waals surface area contributed by atoms with E-state index in [0.717, 1.165) is 36.0 Å². The van der Waals surface area contributed by atoms with Crippen molar-refractivity contribution in [2.75, 3.05) is 6.54 Å². The Kier molecular flexibility index (Phi) is 9.61. The van der Waals surface area contributed by atoms with Gasteiger partial charge in [0.05, 0.1) is 34.6 Å². The van der Waals surface area contributed by atoms with Gasteiger partial charge in [-0.25, -0.2) is 4.39 Å². The van der Waals surface area contributed by atoms with Crippen molar-refractivity contribution < 1.29 is 41.8 Å². The number of amides is 1. The van der Waals surface area contributed by atoms with Crippen LogP contribution in [0, 0.1) is 23.1 Å². The summed E-state index contributed by atoms with van der Waals surface area (Å²) in [4.78, 5) is 47.1. The molecule has 12 heteroatoms. The molecular formula is C37H41F4N3O5. The second-order valence-corrected chi connectivity index (χ2v) is 14.1. The molecule has 1 saturated carbocycles. The van der Waals surface area contributed by atoms with Crippen LogP contribution in [-0.2, 0) is 27.0 Å². The van der Waals surface area contributed by atoms with Crippen molar-refractivity contribution in [3.05, 3.63) is 71.6 Å². The first kappa shape index (κ1) is 34.6. The minimum absolute atomic E-state index is 0.00734. The topological polar surface area (TPSA) is 102 Å². The molecule has 1 aliphatic carbocycles. The second kappa shape index (κ2) is 13.6. The molecule has 1 N–H and O–H groups in total. The van der Waals surface area contributed by atoms with Crippen LogP contribution in [0.2, 0.25) is 0 Å². The zero-order chi connectivity index (χ0) is 35.1. The van der Waals surface area contributed by atoms with E-state index in [-0.39, 0.29) is 43.3 Å². The number of benzene rings is 2. The van der Waals surface area contributed by atoms with E-state index in [4.69, 9.17) is 4.74 Å². The summed E-state index contributed by atoms with van der Waals surface area (Å²) < 4.78 is 63.5. The maximum atomic E-state index is 14.5. The number of alkyl halides is 3. The monoisotopic (exact) mass is 683 g/mol. The fourth-order valence-corrected chi connectivity index (χ4v) is 7.58. The number of nitrogens with zero attached hydrogens (tertiary/aromatic N) is 3. The number of hydrogen-bond acceptors (Lipinski definition) is 5. The zero-order valence-corrected chi connectivity index (χ0v) is 27.6. The SMILES string of the molecule is CC(C)n1c(O[C@@H]2C[C@H]3C(=O)C[C@]4(C(=O)O)C[C@@H]4/C=C\CCCCC[C@H](Cc4cc(F)cc(C(F)(F)F)c4)C(=O)N3C2)nc2ccccc21. The molecular weight excluding hydrogens is 642 g/mol. The lowest BCUT2D eigenvalue weighted by Gasteiger charge is -2.29. The van der Waals surface area contributed by atoms with Gasteiger partial charge in [0.25, 0.3) is 6.01 Å². The standard InChI is InChI=1S/C37H41F4N3O5/c1-22(2)44-30-13-9-8-12-29(30)42-35(44)49-28-18-31-32(45)20-36(34(47)48)19-25(36)11-7-5-3-4-6-10-24(33(46)43(31)21-28)14-23-15-26(37(39,40)41)17-27(38)16-23/h7-9,11-13,15-17,22,24-25,28,31H,3-6,10,14,18-21H2,1-2H3,(H,47,48)/b11-7-/t24-,25+,28-,31+,36-/m1/s1. The number of fused-ring (bicyclic) bond motifs is 3. The highest BCUT2D eigenvalue weighted by molar-refractivity contribution is 5.95. The Morgan fingerprint density at radius 3 is 2.63 bits per heavy atom. The van der Waals surface area contributed by atoms with E-state index >= 15 is 0 Å². The number of carboxylic acids is 1. The largest absolute Gasteiger partial charge is 0.481 e. The molecule has 262 valence electrons. The quantitative estimate of drug-likeness (QED) is 0.213. The van der Waals surface area contributed by atoms with E-state index < -0.39 is 58.7 Å². The molecule has 49 heavy (non-hydrogen) atoms. The Balaban J connectivity index is 1.34. The van der Waals surface area contributed by atoms with Crippen molar-refractivity contribution in [1.82, 2.24) is 14.5 Å². The van der Waals surface area contributed by atoms with E-state index in [2.05, 4.69) is 4.98 Å². The highest BCUT2D eigenvalue weighted by atomic mass is 19.4. The summed E-state index contributed by atoms with van der Waals surface area (Å²) in [5.74, 6) is -4.06. The number of allylic oxidation sites excluding steroid dienone is 2. The first-order chi connectivity index (χ1) is 23.3. The first-order valence-corrected chi connectivity index (χ1v) is 17.0. The van der Waals surface area contributed by atoms with Gasteiger partial charge in [-0.05, 0) is 87.8 Å². The van der Waals surface area contributed by atoms with Crippen molar-refractivity contribution in [1.29, 1.82) is 0 Å². The number of ether oxygens (including phenoxy) is 1. The number of carboxylic acid groups (broad SMARTS) is 1. The molecule has 3 aromatic rings. The second-order valence-electron chi connectivity index (χ2n) is 14.1. The average molecular weight is 684 g/mol. The number of hydrogen-bond donors (Lipinski definition) is 1. The number of halogens is 4. The lowest BCUT2D eigenvalue weighted by Crippen LogP contribution is -2.45. The summed E-state index contributed by atoms with van der Waals surface area (Å²) in [5.41, 5.74) is -0.764. The third-order valence-corrected chi connectivity index (χ3v) is 10.2. The number of aliphatic carboxylic acids is 1.